The monoisotopic (exact) mass is 428 g/mol. The van der Waals surface area contributed by atoms with Crippen LogP contribution in [0.3, 0.4) is 0 Å². The number of hydrogen-bond donors (Lipinski definition) is 2. The number of allylic oxidation sites excluding steroid dienone is 2. The van der Waals surface area contributed by atoms with Gasteiger partial charge in [-0.2, -0.15) is 0 Å². The largest absolute Gasteiger partial charge is 0.369 e. The molecule has 0 saturated heterocycles. The quantitative estimate of drug-likeness (QED) is 0.682. The van der Waals surface area contributed by atoms with Gasteiger partial charge in [0.15, 0.2) is 0 Å². The topological polar surface area (TPSA) is 72.2 Å². The lowest BCUT2D eigenvalue weighted by Crippen LogP contribution is -2.53. The van der Waals surface area contributed by atoms with Crippen molar-refractivity contribution in [3.63, 3.8) is 0 Å². The maximum Gasteiger partial charge on any atom is 0.229 e. The van der Waals surface area contributed by atoms with Gasteiger partial charge in [0, 0.05) is 29.3 Å². The first-order chi connectivity index (χ1) is 13.0. The minimum absolute atomic E-state index is 0.0248. The highest BCUT2D eigenvalue weighted by atomic mass is 79.9. The van der Waals surface area contributed by atoms with Crippen molar-refractivity contribution < 1.29 is 9.59 Å². The van der Waals surface area contributed by atoms with Crippen molar-refractivity contribution in [1.29, 1.82) is 0 Å². The van der Waals surface area contributed by atoms with Gasteiger partial charge in [0.25, 0.3) is 0 Å². The SMILES string of the molecule is NC(=O)[C@@]1(c2ccc(Br)cc2)[C@H](CNC(=O)CC2CC2)[C@H]2C=C[C@H]1C21CC1. The second-order valence-corrected chi connectivity index (χ2v) is 9.84. The predicted octanol–water partition coefficient (Wildman–Crippen LogP) is 3.30. The van der Waals surface area contributed by atoms with Gasteiger partial charge in [-0.25, -0.2) is 0 Å². The van der Waals surface area contributed by atoms with E-state index in [1.54, 1.807) is 0 Å². The van der Waals surface area contributed by atoms with E-state index < -0.39 is 5.41 Å². The fourth-order valence-corrected chi connectivity index (χ4v) is 6.29. The Morgan fingerprint density at radius 3 is 2.44 bits per heavy atom. The molecule has 27 heavy (non-hydrogen) atoms. The second-order valence-electron chi connectivity index (χ2n) is 8.92. The van der Waals surface area contributed by atoms with E-state index in [0.717, 1.165) is 35.7 Å². The Kier molecular flexibility index (Phi) is 3.84. The number of hydrogen-bond acceptors (Lipinski definition) is 2. The molecule has 3 saturated carbocycles. The molecule has 4 aliphatic rings. The molecular weight excluding hydrogens is 404 g/mol. The molecule has 5 heteroatoms. The van der Waals surface area contributed by atoms with Crippen molar-refractivity contribution >= 4 is 27.7 Å². The Labute approximate surface area is 168 Å². The normalized spacial score (nSPS) is 34.8. The summed E-state index contributed by atoms with van der Waals surface area (Å²) < 4.78 is 0.986. The highest BCUT2D eigenvalue weighted by molar-refractivity contribution is 9.10. The molecule has 0 unspecified atom stereocenters. The van der Waals surface area contributed by atoms with Crippen LogP contribution in [-0.4, -0.2) is 18.4 Å². The molecule has 2 bridgehead atoms. The summed E-state index contributed by atoms with van der Waals surface area (Å²) in [5.74, 6) is 0.903. The van der Waals surface area contributed by atoms with Crippen LogP contribution in [0.5, 0.6) is 0 Å². The highest BCUT2D eigenvalue weighted by Crippen LogP contribution is 2.75. The van der Waals surface area contributed by atoms with E-state index in [-0.39, 0.29) is 29.1 Å². The molecule has 0 aromatic heterocycles. The van der Waals surface area contributed by atoms with Crippen LogP contribution in [0, 0.1) is 29.1 Å². The van der Waals surface area contributed by atoms with Crippen molar-refractivity contribution in [2.45, 2.75) is 37.5 Å². The van der Waals surface area contributed by atoms with E-state index in [4.69, 9.17) is 5.73 Å². The van der Waals surface area contributed by atoms with Gasteiger partial charge in [0.2, 0.25) is 11.8 Å². The van der Waals surface area contributed by atoms with Crippen LogP contribution in [0.15, 0.2) is 40.9 Å². The van der Waals surface area contributed by atoms with Crippen LogP contribution in [0.25, 0.3) is 0 Å². The third-order valence-corrected chi connectivity index (χ3v) is 8.08. The van der Waals surface area contributed by atoms with Crippen molar-refractivity contribution in [3.8, 4) is 0 Å². The summed E-state index contributed by atoms with van der Waals surface area (Å²) in [6, 6.07) is 8.02. The maximum atomic E-state index is 13.0. The molecule has 1 aromatic carbocycles. The van der Waals surface area contributed by atoms with Gasteiger partial charge in [0.1, 0.15) is 0 Å². The van der Waals surface area contributed by atoms with Crippen LogP contribution < -0.4 is 11.1 Å². The first-order valence-electron chi connectivity index (χ1n) is 9.99. The maximum absolute atomic E-state index is 13.0. The smallest absolute Gasteiger partial charge is 0.229 e. The molecule has 3 fully saturated rings. The molecule has 3 N–H and O–H groups in total. The van der Waals surface area contributed by atoms with Gasteiger partial charge in [-0.1, -0.05) is 40.2 Å². The molecule has 0 heterocycles. The van der Waals surface area contributed by atoms with Crippen LogP contribution in [0.1, 0.15) is 37.7 Å². The summed E-state index contributed by atoms with van der Waals surface area (Å²) in [7, 11) is 0. The van der Waals surface area contributed by atoms with Gasteiger partial charge in [-0.3, -0.25) is 9.59 Å². The first kappa shape index (κ1) is 17.5. The minimum atomic E-state index is -0.733. The van der Waals surface area contributed by atoms with Crippen LogP contribution in [0.2, 0.25) is 0 Å². The summed E-state index contributed by atoms with van der Waals surface area (Å²) >= 11 is 3.49. The molecule has 1 aromatic rings. The standard InChI is InChI=1S/C22H25BrN2O2/c23-15-5-3-14(4-6-15)22(20(24)27)17(12-25-19(26)11-13-1-2-13)16-7-8-18(22)21(16)9-10-21/h3-8,13,16-18H,1-2,9-12H2,(H2,24,27)(H,25,26)/t16-,17-,18+,22+/m1/s1. The molecule has 142 valence electrons. The van der Waals surface area contributed by atoms with Crippen LogP contribution >= 0.6 is 15.9 Å². The second kappa shape index (κ2) is 5.94. The third-order valence-electron chi connectivity index (χ3n) is 7.55. The Hall–Kier alpha value is -1.62. The lowest BCUT2D eigenvalue weighted by molar-refractivity contribution is -0.127. The number of amides is 2. The molecule has 0 radical (unpaired) electrons. The molecule has 4 atom stereocenters. The molecule has 5 rings (SSSR count). The fraction of sp³-hybridized carbons (Fsp3) is 0.545. The number of primary amides is 1. The Morgan fingerprint density at radius 1 is 1.15 bits per heavy atom. The Balaban J connectivity index is 1.51. The van der Waals surface area contributed by atoms with Crippen molar-refractivity contribution in [1.82, 2.24) is 5.32 Å². The average molecular weight is 429 g/mol. The number of benzene rings is 1. The van der Waals surface area contributed by atoms with Gasteiger partial charge < -0.3 is 11.1 Å². The zero-order valence-electron chi connectivity index (χ0n) is 15.3. The third kappa shape index (κ3) is 2.47. The van der Waals surface area contributed by atoms with Crippen LogP contribution in [0.4, 0.5) is 0 Å². The summed E-state index contributed by atoms with van der Waals surface area (Å²) in [5, 5.41) is 3.15. The van der Waals surface area contributed by atoms with E-state index in [0.29, 0.717) is 24.8 Å². The molecule has 2 amide bonds. The average Bonchev–Trinajstić information content (AvgIpc) is 3.54. The molecule has 0 aliphatic heterocycles. The lowest BCUT2D eigenvalue weighted by atomic mass is 9.63. The first-order valence-corrected chi connectivity index (χ1v) is 10.8. The van der Waals surface area contributed by atoms with E-state index in [9.17, 15) is 9.59 Å². The van der Waals surface area contributed by atoms with Crippen LogP contribution in [-0.2, 0) is 15.0 Å². The van der Waals surface area contributed by atoms with E-state index in [2.05, 4.69) is 33.4 Å². The predicted molar refractivity (Wildman–Crippen MR) is 107 cm³/mol. The Morgan fingerprint density at radius 2 is 1.85 bits per heavy atom. The van der Waals surface area contributed by atoms with Crippen molar-refractivity contribution in [2.24, 2.45) is 34.8 Å². The van der Waals surface area contributed by atoms with Gasteiger partial charge >= 0.3 is 0 Å². The molecule has 4 aliphatic carbocycles. The number of nitrogens with one attached hydrogen (secondary N) is 1. The van der Waals surface area contributed by atoms with E-state index in [1.807, 2.05) is 24.3 Å². The lowest BCUT2D eigenvalue weighted by Gasteiger charge is -2.40. The van der Waals surface area contributed by atoms with Crippen molar-refractivity contribution in [2.75, 3.05) is 6.54 Å². The summed E-state index contributed by atoms with van der Waals surface area (Å²) in [4.78, 5) is 25.4. The number of carbonyl (C=O) groups is 2. The number of rotatable bonds is 6. The molecule has 1 spiro atoms. The number of carbonyl (C=O) groups excluding carboxylic acids is 2. The number of nitrogens with two attached hydrogens (primary N) is 1. The molecular formula is C22H25BrN2O2. The number of halogens is 1. The summed E-state index contributed by atoms with van der Waals surface area (Å²) in [6.45, 7) is 0.526. The Bertz CT molecular complexity index is 825. The zero-order chi connectivity index (χ0) is 18.8. The van der Waals surface area contributed by atoms with E-state index in [1.165, 1.54) is 0 Å². The van der Waals surface area contributed by atoms with Gasteiger partial charge in [-0.15, -0.1) is 0 Å². The fourth-order valence-electron chi connectivity index (χ4n) is 6.03. The van der Waals surface area contributed by atoms with E-state index >= 15 is 0 Å². The zero-order valence-corrected chi connectivity index (χ0v) is 16.9. The summed E-state index contributed by atoms with van der Waals surface area (Å²) in [5.41, 5.74) is 6.56. The molecule has 4 nitrogen and oxygen atoms in total. The van der Waals surface area contributed by atoms with Crippen molar-refractivity contribution in [3.05, 3.63) is 46.5 Å². The van der Waals surface area contributed by atoms with Gasteiger partial charge in [-0.05, 0) is 60.6 Å². The minimum Gasteiger partial charge on any atom is -0.369 e. The summed E-state index contributed by atoms with van der Waals surface area (Å²) in [6.07, 6.45) is 9.75. The highest BCUT2D eigenvalue weighted by Gasteiger charge is 2.74. The van der Waals surface area contributed by atoms with Gasteiger partial charge in [0.05, 0.1) is 5.41 Å².